The third-order valence-corrected chi connectivity index (χ3v) is 4.83. The molecule has 5 nitrogen and oxygen atoms in total. The van der Waals surface area contributed by atoms with Crippen LogP contribution in [-0.2, 0) is 21.4 Å². The second-order valence-corrected chi connectivity index (χ2v) is 7.69. The molecule has 1 fully saturated rings. The van der Waals surface area contributed by atoms with Crippen molar-refractivity contribution in [3.8, 4) is 0 Å². The summed E-state index contributed by atoms with van der Waals surface area (Å²) in [4.78, 5) is 30.1. The van der Waals surface area contributed by atoms with Gasteiger partial charge in [0.25, 0.3) is 0 Å². The van der Waals surface area contributed by atoms with Gasteiger partial charge in [-0.15, -0.1) is 11.3 Å². The number of amides is 2. The molecule has 0 aromatic carbocycles. The lowest BCUT2D eigenvalue weighted by atomic mass is 9.93. The molecule has 2 rings (SSSR count). The summed E-state index contributed by atoms with van der Waals surface area (Å²) in [6.07, 6.45) is 1.08. The minimum absolute atomic E-state index is 0.0168. The van der Waals surface area contributed by atoms with Gasteiger partial charge in [-0.2, -0.15) is 0 Å². The predicted octanol–water partition coefficient (Wildman–Crippen LogP) is 1.97. The zero-order valence-corrected chi connectivity index (χ0v) is 14.6. The summed E-state index contributed by atoms with van der Waals surface area (Å²) < 4.78 is 0. The van der Waals surface area contributed by atoms with Crippen molar-refractivity contribution in [2.45, 2.75) is 46.0 Å². The van der Waals surface area contributed by atoms with Crippen molar-refractivity contribution in [3.63, 3.8) is 0 Å². The maximum Gasteiger partial charge on any atom is 0.225 e. The van der Waals surface area contributed by atoms with E-state index < -0.39 is 0 Å². The second-order valence-electron chi connectivity index (χ2n) is 6.75. The van der Waals surface area contributed by atoms with Crippen LogP contribution >= 0.6 is 11.3 Å². The highest BCUT2D eigenvalue weighted by molar-refractivity contribution is 7.09. The molecular weight excluding hydrogens is 298 g/mol. The van der Waals surface area contributed by atoms with Gasteiger partial charge in [-0.3, -0.25) is 9.59 Å². The summed E-state index contributed by atoms with van der Waals surface area (Å²) in [7, 11) is 0. The minimum Gasteiger partial charge on any atom is -0.355 e. The Kier molecular flexibility index (Phi) is 5.21. The fraction of sp³-hybridized carbons (Fsp3) is 0.688. The highest BCUT2D eigenvalue weighted by Gasteiger charge is 2.33. The third kappa shape index (κ3) is 4.06. The Balaban J connectivity index is 1.78. The molecule has 122 valence electrons. The van der Waals surface area contributed by atoms with E-state index in [-0.39, 0.29) is 23.1 Å². The summed E-state index contributed by atoms with van der Waals surface area (Å²) in [6.45, 7) is 10.2. The zero-order chi connectivity index (χ0) is 16.3. The number of rotatable bonds is 5. The molecule has 1 aromatic rings. The number of thiazole rings is 1. The maximum absolute atomic E-state index is 12.1. The van der Waals surface area contributed by atoms with E-state index in [0.717, 1.165) is 17.1 Å². The number of aromatic nitrogens is 1. The molecule has 1 aliphatic rings. The predicted molar refractivity (Wildman–Crippen MR) is 87.9 cm³/mol. The van der Waals surface area contributed by atoms with Gasteiger partial charge in [0.15, 0.2) is 0 Å². The van der Waals surface area contributed by atoms with Crippen LogP contribution in [0.3, 0.4) is 0 Å². The minimum atomic E-state index is -0.200. The van der Waals surface area contributed by atoms with Crippen LogP contribution in [0.2, 0.25) is 0 Å². The van der Waals surface area contributed by atoms with Crippen molar-refractivity contribution < 1.29 is 9.59 Å². The quantitative estimate of drug-likeness (QED) is 0.901. The number of hydrogen-bond acceptors (Lipinski definition) is 4. The van der Waals surface area contributed by atoms with Crippen LogP contribution in [0.25, 0.3) is 0 Å². The molecule has 0 bridgehead atoms. The van der Waals surface area contributed by atoms with Crippen LogP contribution in [0.4, 0.5) is 0 Å². The van der Waals surface area contributed by atoms with Crippen molar-refractivity contribution in [2.75, 3.05) is 19.6 Å². The molecule has 0 saturated carbocycles. The molecule has 0 unspecified atom stereocenters. The monoisotopic (exact) mass is 323 g/mol. The standard InChI is InChI=1S/C16H25N3O2S/c1-5-19-9-11(8-14(19)20)15(21)17-7-6-13-18-12(10-22-13)16(2,3)4/h10-11H,5-9H2,1-4H3,(H,17,21)/t11-/m0/s1. The van der Waals surface area contributed by atoms with E-state index in [9.17, 15) is 9.59 Å². The molecule has 0 radical (unpaired) electrons. The van der Waals surface area contributed by atoms with E-state index in [1.54, 1.807) is 16.2 Å². The average molecular weight is 323 g/mol. The highest BCUT2D eigenvalue weighted by Crippen LogP contribution is 2.24. The Morgan fingerprint density at radius 3 is 2.77 bits per heavy atom. The topological polar surface area (TPSA) is 62.3 Å². The highest BCUT2D eigenvalue weighted by atomic mass is 32.1. The Hall–Kier alpha value is -1.43. The van der Waals surface area contributed by atoms with Gasteiger partial charge >= 0.3 is 0 Å². The molecule has 1 saturated heterocycles. The van der Waals surface area contributed by atoms with Gasteiger partial charge in [0.2, 0.25) is 11.8 Å². The number of carbonyl (C=O) groups is 2. The number of carbonyl (C=O) groups excluding carboxylic acids is 2. The zero-order valence-electron chi connectivity index (χ0n) is 13.8. The van der Waals surface area contributed by atoms with Crippen LogP contribution in [0.5, 0.6) is 0 Å². The van der Waals surface area contributed by atoms with E-state index in [1.165, 1.54) is 0 Å². The van der Waals surface area contributed by atoms with Crippen LogP contribution in [0.15, 0.2) is 5.38 Å². The molecule has 1 aromatic heterocycles. The largest absolute Gasteiger partial charge is 0.355 e. The molecule has 22 heavy (non-hydrogen) atoms. The first-order chi connectivity index (χ1) is 10.3. The molecule has 1 aliphatic heterocycles. The lowest BCUT2D eigenvalue weighted by Gasteiger charge is -2.14. The van der Waals surface area contributed by atoms with Crippen molar-refractivity contribution >= 4 is 23.2 Å². The van der Waals surface area contributed by atoms with Crippen molar-refractivity contribution in [3.05, 3.63) is 16.1 Å². The summed E-state index contributed by atoms with van der Waals surface area (Å²) in [6, 6.07) is 0. The summed E-state index contributed by atoms with van der Waals surface area (Å²) >= 11 is 1.64. The number of hydrogen-bond donors (Lipinski definition) is 1. The van der Waals surface area contributed by atoms with E-state index in [4.69, 9.17) is 0 Å². The number of nitrogens with one attached hydrogen (secondary N) is 1. The Labute approximate surface area is 136 Å². The van der Waals surface area contributed by atoms with Crippen molar-refractivity contribution in [1.29, 1.82) is 0 Å². The van der Waals surface area contributed by atoms with E-state index >= 15 is 0 Å². The van der Waals surface area contributed by atoms with Crippen LogP contribution in [0, 0.1) is 5.92 Å². The van der Waals surface area contributed by atoms with Gasteiger partial charge in [-0.25, -0.2) is 4.98 Å². The molecule has 6 heteroatoms. The van der Waals surface area contributed by atoms with Gasteiger partial charge < -0.3 is 10.2 Å². The van der Waals surface area contributed by atoms with E-state index in [2.05, 4.69) is 36.5 Å². The summed E-state index contributed by atoms with van der Waals surface area (Å²) in [5.74, 6) is -0.136. The lowest BCUT2D eigenvalue weighted by molar-refractivity contribution is -0.128. The fourth-order valence-electron chi connectivity index (χ4n) is 2.46. The van der Waals surface area contributed by atoms with Crippen LogP contribution < -0.4 is 5.32 Å². The molecule has 1 N–H and O–H groups in total. The molecule has 2 amide bonds. The van der Waals surface area contributed by atoms with Gasteiger partial charge in [-0.1, -0.05) is 20.8 Å². The summed E-state index contributed by atoms with van der Waals surface area (Å²) in [5.41, 5.74) is 1.16. The maximum atomic E-state index is 12.1. The molecular formula is C16H25N3O2S. The average Bonchev–Trinajstić information content (AvgIpc) is 3.04. The molecule has 2 heterocycles. The fourth-order valence-corrected chi connectivity index (χ4v) is 3.49. The molecule has 1 atom stereocenters. The van der Waals surface area contributed by atoms with Gasteiger partial charge in [0.05, 0.1) is 16.6 Å². The molecule has 0 spiro atoms. The molecule has 0 aliphatic carbocycles. The Bertz CT molecular complexity index is 548. The second kappa shape index (κ2) is 6.77. The van der Waals surface area contributed by atoms with Gasteiger partial charge in [-0.05, 0) is 6.92 Å². The number of nitrogens with zero attached hydrogens (tertiary/aromatic N) is 2. The van der Waals surface area contributed by atoms with Gasteiger partial charge in [0, 0.05) is 43.3 Å². The normalized spacial score (nSPS) is 18.8. The third-order valence-electron chi connectivity index (χ3n) is 3.93. The van der Waals surface area contributed by atoms with E-state index in [0.29, 0.717) is 26.1 Å². The first-order valence-corrected chi connectivity index (χ1v) is 8.69. The first-order valence-electron chi connectivity index (χ1n) is 7.81. The number of likely N-dealkylation sites (tertiary alicyclic amines) is 1. The van der Waals surface area contributed by atoms with Crippen molar-refractivity contribution in [1.82, 2.24) is 15.2 Å². The van der Waals surface area contributed by atoms with Gasteiger partial charge in [0.1, 0.15) is 0 Å². The van der Waals surface area contributed by atoms with E-state index in [1.807, 2.05) is 6.92 Å². The lowest BCUT2D eigenvalue weighted by Crippen LogP contribution is -2.34. The Morgan fingerprint density at radius 2 is 2.23 bits per heavy atom. The SMILES string of the molecule is CCN1C[C@@H](C(=O)NCCc2nc(C(C)(C)C)cs2)CC1=O. The van der Waals surface area contributed by atoms with Crippen LogP contribution in [0.1, 0.15) is 44.8 Å². The summed E-state index contributed by atoms with van der Waals surface area (Å²) in [5, 5.41) is 6.07. The first kappa shape index (κ1) is 16.9. The van der Waals surface area contributed by atoms with Crippen LogP contribution in [-0.4, -0.2) is 41.3 Å². The Morgan fingerprint density at radius 1 is 1.50 bits per heavy atom. The smallest absolute Gasteiger partial charge is 0.225 e. The van der Waals surface area contributed by atoms with Crippen molar-refractivity contribution in [2.24, 2.45) is 5.92 Å².